The molecule has 0 N–H and O–H groups in total. The summed E-state index contributed by atoms with van der Waals surface area (Å²) in [6.45, 7) is 0. The summed E-state index contributed by atoms with van der Waals surface area (Å²) in [4.78, 5) is 0. The molecule has 10 rings (SSSR count). The van der Waals surface area contributed by atoms with E-state index in [-0.39, 0.29) is 0 Å². The Kier molecular flexibility index (Phi) is 5.51. The van der Waals surface area contributed by atoms with Gasteiger partial charge in [-0.2, -0.15) is 5.26 Å². The van der Waals surface area contributed by atoms with Crippen LogP contribution in [-0.4, -0.2) is 9.13 Å². The molecule has 0 amide bonds. The van der Waals surface area contributed by atoms with E-state index in [0.717, 1.165) is 27.9 Å². The van der Waals surface area contributed by atoms with Crippen molar-refractivity contribution < 1.29 is 0 Å². The second-order valence-corrected chi connectivity index (χ2v) is 13.1. The zero-order valence-electron chi connectivity index (χ0n) is 25.2. The van der Waals surface area contributed by atoms with Gasteiger partial charge in [0, 0.05) is 53.1 Å². The minimum Gasteiger partial charge on any atom is -0.309 e. The molecule has 3 heterocycles. The molecule has 7 aromatic carbocycles. The van der Waals surface area contributed by atoms with Crippen LogP contribution in [0.25, 0.3) is 86.3 Å². The fourth-order valence-corrected chi connectivity index (χ4v) is 8.68. The van der Waals surface area contributed by atoms with E-state index >= 15 is 0 Å². The van der Waals surface area contributed by atoms with Gasteiger partial charge in [0.15, 0.2) is 0 Å². The maximum Gasteiger partial charge on any atom is 0.0991 e. The van der Waals surface area contributed by atoms with E-state index in [1.165, 1.54) is 58.4 Å². The Hall–Kier alpha value is -6.15. The first-order valence-electron chi connectivity index (χ1n) is 15.7. The number of hydrogen-bond acceptors (Lipinski definition) is 2. The van der Waals surface area contributed by atoms with Gasteiger partial charge in [-0.25, -0.2) is 0 Å². The molecular formula is C43H25N3S. The van der Waals surface area contributed by atoms with Crippen LogP contribution in [0.2, 0.25) is 0 Å². The van der Waals surface area contributed by atoms with Gasteiger partial charge in [0.05, 0.1) is 33.7 Å². The van der Waals surface area contributed by atoms with Gasteiger partial charge >= 0.3 is 0 Å². The van der Waals surface area contributed by atoms with Gasteiger partial charge in [-0.15, -0.1) is 11.3 Å². The van der Waals surface area contributed by atoms with E-state index in [1.807, 2.05) is 35.6 Å². The van der Waals surface area contributed by atoms with Crippen LogP contribution in [-0.2, 0) is 0 Å². The van der Waals surface area contributed by atoms with Crippen molar-refractivity contribution in [2.24, 2.45) is 0 Å². The molecule has 0 aliphatic rings. The van der Waals surface area contributed by atoms with Gasteiger partial charge < -0.3 is 9.13 Å². The second kappa shape index (κ2) is 9.92. The van der Waals surface area contributed by atoms with Crippen molar-refractivity contribution in [1.29, 1.82) is 5.26 Å². The topological polar surface area (TPSA) is 33.6 Å². The molecule has 3 aromatic heterocycles. The lowest BCUT2D eigenvalue weighted by molar-refractivity contribution is 1.16. The largest absolute Gasteiger partial charge is 0.309 e. The average Bonchev–Trinajstić information content (AvgIpc) is 3.78. The molecule has 10 aromatic rings. The number of fused-ring (bicyclic) bond motifs is 9. The monoisotopic (exact) mass is 615 g/mol. The third kappa shape index (κ3) is 3.78. The quantitative estimate of drug-likeness (QED) is 0.195. The van der Waals surface area contributed by atoms with Crippen molar-refractivity contribution >= 4 is 75.1 Å². The Bertz CT molecular complexity index is 2890. The fraction of sp³-hybridized carbons (Fsp3) is 0. The Balaban J connectivity index is 1.21. The van der Waals surface area contributed by atoms with E-state index in [1.54, 1.807) is 0 Å². The molecule has 3 nitrogen and oxygen atoms in total. The van der Waals surface area contributed by atoms with Gasteiger partial charge in [0.2, 0.25) is 0 Å². The lowest BCUT2D eigenvalue weighted by Crippen LogP contribution is -1.96. The van der Waals surface area contributed by atoms with Crippen molar-refractivity contribution in [2.75, 3.05) is 0 Å². The molecule has 0 aliphatic carbocycles. The fourth-order valence-electron chi connectivity index (χ4n) is 7.44. The third-order valence-electron chi connectivity index (χ3n) is 9.56. The predicted molar refractivity (Wildman–Crippen MR) is 198 cm³/mol. The molecule has 0 fully saturated rings. The first kappa shape index (κ1) is 26.1. The summed E-state index contributed by atoms with van der Waals surface area (Å²) in [6, 6.07) is 56.5. The molecule has 0 saturated carbocycles. The standard InChI is InChI=1S/C43H25N3S/c44-26-27-16-20-29(21-17-27)45-38-13-4-1-8-32(38)36-24-37-33-9-2-5-14-39(33)46(41(37)25-40(36)45)30-22-18-28(19-23-30)31-11-7-12-35-34-10-3-6-15-42(34)47-43(31)35/h1-25H. The number of aromatic nitrogens is 2. The number of hydrogen-bond donors (Lipinski definition) is 0. The van der Waals surface area contributed by atoms with E-state index in [9.17, 15) is 5.26 Å². The highest BCUT2D eigenvalue weighted by Crippen LogP contribution is 2.42. The highest BCUT2D eigenvalue weighted by molar-refractivity contribution is 7.26. The minimum absolute atomic E-state index is 0.657. The van der Waals surface area contributed by atoms with E-state index in [4.69, 9.17) is 0 Å². The SMILES string of the molecule is N#Cc1ccc(-n2c3ccccc3c3cc4c5ccccc5n(-c5ccc(-c6cccc7c6sc6ccccc67)cc5)c4cc32)cc1. The van der Waals surface area contributed by atoms with Crippen molar-refractivity contribution in [1.82, 2.24) is 9.13 Å². The van der Waals surface area contributed by atoms with E-state index < -0.39 is 0 Å². The van der Waals surface area contributed by atoms with Crippen LogP contribution in [0.4, 0.5) is 0 Å². The zero-order valence-corrected chi connectivity index (χ0v) is 26.0. The van der Waals surface area contributed by atoms with E-state index in [0.29, 0.717) is 5.56 Å². The summed E-state index contributed by atoms with van der Waals surface area (Å²) in [5.41, 5.74) is 9.95. The maximum atomic E-state index is 9.43. The first-order chi connectivity index (χ1) is 23.3. The van der Waals surface area contributed by atoms with Crippen LogP contribution in [0.15, 0.2) is 152 Å². The van der Waals surface area contributed by atoms with Crippen molar-refractivity contribution in [3.05, 3.63) is 157 Å². The van der Waals surface area contributed by atoms with Crippen LogP contribution >= 0.6 is 11.3 Å². The molecule has 0 aliphatic heterocycles. The summed E-state index contributed by atoms with van der Waals surface area (Å²) in [5.74, 6) is 0. The molecule has 0 bridgehead atoms. The molecule has 4 heteroatoms. The summed E-state index contributed by atoms with van der Waals surface area (Å²) in [5, 5.41) is 17.0. The molecule has 0 radical (unpaired) electrons. The van der Waals surface area contributed by atoms with Crippen LogP contribution in [0, 0.1) is 11.3 Å². The lowest BCUT2D eigenvalue weighted by atomic mass is 10.0. The van der Waals surface area contributed by atoms with Crippen LogP contribution in [0.5, 0.6) is 0 Å². The second-order valence-electron chi connectivity index (χ2n) is 12.1. The van der Waals surface area contributed by atoms with Crippen molar-refractivity contribution in [2.45, 2.75) is 0 Å². The van der Waals surface area contributed by atoms with Crippen molar-refractivity contribution in [3.63, 3.8) is 0 Å². The number of nitrogens with zero attached hydrogens (tertiary/aromatic N) is 3. The molecule has 0 saturated heterocycles. The predicted octanol–water partition coefficient (Wildman–Crippen LogP) is 11.8. The molecule has 218 valence electrons. The normalized spacial score (nSPS) is 11.8. The maximum absolute atomic E-state index is 9.43. The minimum atomic E-state index is 0.657. The molecule has 0 spiro atoms. The highest BCUT2D eigenvalue weighted by Gasteiger charge is 2.19. The number of thiophene rings is 1. The summed E-state index contributed by atoms with van der Waals surface area (Å²) < 4.78 is 7.37. The number of nitriles is 1. The third-order valence-corrected chi connectivity index (χ3v) is 10.8. The van der Waals surface area contributed by atoms with E-state index in [2.05, 4.69) is 143 Å². The zero-order chi connectivity index (χ0) is 31.1. The number of benzene rings is 7. The van der Waals surface area contributed by atoms with Gasteiger partial charge in [-0.3, -0.25) is 0 Å². The molecule has 0 unspecified atom stereocenters. The Labute approximate surface area is 274 Å². The lowest BCUT2D eigenvalue weighted by Gasteiger charge is -2.11. The van der Waals surface area contributed by atoms with Gasteiger partial charge in [-0.05, 0) is 77.9 Å². The Morgan fingerprint density at radius 1 is 0.447 bits per heavy atom. The van der Waals surface area contributed by atoms with Crippen LogP contribution < -0.4 is 0 Å². The van der Waals surface area contributed by atoms with Gasteiger partial charge in [0.25, 0.3) is 0 Å². The highest BCUT2D eigenvalue weighted by atomic mass is 32.1. The number of para-hydroxylation sites is 2. The Morgan fingerprint density at radius 2 is 1.00 bits per heavy atom. The van der Waals surface area contributed by atoms with Crippen molar-refractivity contribution in [3.8, 4) is 28.6 Å². The number of rotatable bonds is 3. The summed E-state index contributed by atoms with van der Waals surface area (Å²) >= 11 is 1.87. The molecular weight excluding hydrogens is 591 g/mol. The smallest absolute Gasteiger partial charge is 0.0991 e. The summed E-state index contributed by atoms with van der Waals surface area (Å²) in [7, 11) is 0. The summed E-state index contributed by atoms with van der Waals surface area (Å²) in [6.07, 6.45) is 0. The Morgan fingerprint density at radius 3 is 1.64 bits per heavy atom. The van der Waals surface area contributed by atoms with Crippen LogP contribution in [0.3, 0.4) is 0 Å². The molecule has 47 heavy (non-hydrogen) atoms. The van der Waals surface area contributed by atoms with Crippen LogP contribution in [0.1, 0.15) is 5.56 Å². The molecule has 0 atom stereocenters. The average molecular weight is 616 g/mol. The first-order valence-corrected chi connectivity index (χ1v) is 16.6. The van der Waals surface area contributed by atoms with Gasteiger partial charge in [-0.1, -0.05) is 84.9 Å². The van der Waals surface area contributed by atoms with Gasteiger partial charge in [0.1, 0.15) is 0 Å².